The lowest BCUT2D eigenvalue weighted by atomic mass is 10.2. The van der Waals surface area contributed by atoms with Crippen LogP contribution in [0, 0.1) is 0 Å². The van der Waals surface area contributed by atoms with Crippen LogP contribution in [0.2, 0.25) is 0 Å². The average molecular weight is 341 g/mol. The molecule has 1 heterocycles. The Bertz CT molecular complexity index is 572. The number of anilines is 1. The van der Waals surface area contributed by atoms with Crippen LogP contribution >= 0.6 is 27.3 Å². The highest BCUT2D eigenvalue weighted by Crippen LogP contribution is 2.13. The summed E-state index contributed by atoms with van der Waals surface area (Å²) in [4.78, 5) is 11.8. The van der Waals surface area contributed by atoms with Crippen molar-refractivity contribution in [1.29, 1.82) is 0 Å². The second kappa shape index (κ2) is 6.63. The van der Waals surface area contributed by atoms with Crippen molar-refractivity contribution in [2.75, 3.05) is 12.3 Å². The van der Waals surface area contributed by atoms with Crippen molar-refractivity contribution in [3.05, 3.63) is 39.3 Å². The van der Waals surface area contributed by atoms with E-state index in [1.54, 1.807) is 12.1 Å². The van der Waals surface area contributed by atoms with Crippen molar-refractivity contribution in [2.24, 2.45) is 0 Å². The summed E-state index contributed by atoms with van der Waals surface area (Å²) in [6, 6.07) is 7.30. The number of nitrogens with one attached hydrogen (secondary N) is 1. The molecule has 1 aromatic heterocycles. The molecule has 2 rings (SSSR count). The molecule has 2 aromatic rings. The first-order valence-corrected chi connectivity index (χ1v) is 7.38. The van der Waals surface area contributed by atoms with E-state index in [0.717, 1.165) is 22.3 Å². The lowest BCUT2D eigenvalue weighted by molar-refractivity contribution is 0.0953. The zero-order chi connectivity index (χ0) is 13.7. The molecule has 0 unspecified atom stereocenters. The molecular formula is C12H13BrN4OS. The number of aromatic nitrogens is 2. The molecule has 0 radical (unpaired) electrons. The Morgan fingerprint density at radius 2 is 2.26 bits per heavy atom. The van der Waals surface area contributed by atoms with Crippen molar-refractivity contribution in [2.45, 2.75) is 12.8 Å². The van der Waals surface area contributed by atoms with E-state index in [-0.39, 0.29) is 5.91 Å². The Kier molecular flexibility index (Phi) is 4.86. The number of nitrogens with two attached hydrogens (primary N) is 1. The molecule has 7 heteroatoms. The monoisotopic (exact) mass is 340 g/mol. The molecule has 0 fully saturated rings. The van der Waals surface area contributed by atoms with Crippen LogP contribution in [-0.2, 0) is 6.42 Å². The molecule has 0 saturated heterocycles. The quantitative estimate of drug-likeness (QED) is 0.818. The topological polar surface area (TPSA) is 80.9 Å². The minimum Gasteiger partial charge on any atom is -0.374 e. The maximum Gasteiger partial charge on any atom is 0.251 e. The molecule has 3 N–H and O–H groups in total. The van der Waals surface area contributed by atoms with E-state index >= 15 is 0 Å². The lowest BCUT2D eigenvalue weighted by Crippen LogP contribution is -2.24. The number of amides is 1. The number of carbonyl (C=O) groups is 1. The highest BCUT2D eigenvalue weighted by molar-refractivity contribution is 9.10. The van der Waals surface area contributed by atoms with Crippen LogP contribution < -0.4 is 11.1 Å². The standard InChI is InChI=1S/C12H13BrN4OS/c13-9-4-1-3-8(7-9)11(18)15-6-2-5-10-16-17-12(14)19-10/h1,3-4,7H,2,5-6H2,(H2,14,17)(H,15,18). The van der Waals surface area contributed by atoms with Crippen molar-refractivity contribution in [3.8, 4) is 0 Å². The summed E-state index contributed by atoms with van der Waals surface area (Å²) in [5.74, 6) is -0.0712. The minimum absolute atomic E-state index is 0.0712. The van der Waals surface area contributed by atoms with E-state index < -0.39 is 0 Å². The van der Waals surface area contributed by atoms with Crippen molar-refractivity contribution in [1.82, 2.24) is 15.5 Å². The molecule has 0 bridgehead atoms. The Hall–Kier alpha value is -1.47. The van der Waals surface area contributed by atoms with Crippen molar-refractivity contribution in [3.63, 3.8) is 0 Å². The summed E-state index contributed by atoms with van der Waals surface area (Å²) in [6.07, 6.45) is 1.59. The van der Waals surface area contributed by atoms with Gasteiger partial charge in [0, 0.05) is 23.0 Å². The number of aryl methyl sites for hydroxylation is 1. The van der Waals surface area contributed by atoms with Crippen molar-refractivity contribution < 1.29 is 4.79 Å². The molecule has 0 atom stereocenters. The number of hydrogen-bond donors (Lipinski definition) is 2. The van der Waals surface area contributed by atoms with Gasteiger partial charge >= 0.3 is 0 Å². The molecule has 0 aliphatic carbocycles. The third-order valence-corrected chi connectivity index (χ3v) is 3.73. The third kappa shape index (κ3) is 4.29. The number of halogens is 1. The van der Waals surface area contributed by atoms with Crippen LogP contribution in [0.4, 0.5) is 5.13 Å². The van der Waals surface area contributed by atoms with Gasteiger partial charge < -0.3 is 11.1 Å². The van der Waals surface area contributed by atoms with Gasteiger partial charge in [0.05, 0.1) is 0 Å². The maximum absolute atomic E-state index is 11.8. The smallest absolute Gasteiger partial charge is 0.251 e. The summed E-state index contributed by atoms with van der Waals surface area (Å²) in [5.41, 5.74) is 6.14. The van der Waals surface area contributed by atoms with E-state index in [1.807, 2.05) is 12.1 Å². The predicted octanol–water partition coefficient (Wildman–Crippen LogP) is 2.25. The minimum atomic E-state index is -0.0712. The van der Waals surface area contributed by atoms with E-state index in [9.17, 15) is 4.79 Å². The van der Waals surface area contributed by atoms with Crippen LogP contribution in [0.5, 0.6) is 0 Å². The van der Waals surface area contributed by atoms with Gasteiger partial charge in [0.15, 0.2) is 0 Å². The first-order chi connectivity index (χ1) is 9.15. The molecule has 0 saturated carbocycles. The molecule has 5 nitrogen and oxygen atoms in total. The Morgan fingerprint density at radius 3 is 2.95 bits per heavy atom. The predicted molar refractivity (Wildman–Crippen MR) is 79.1 cm³/mol. The molecule has 1 amide bonds. The summed E-state index contributed by atoms with van der Waals surface area (Å²) >= 11 is 4.72. The SMILES string of the molecule is Nc1nnc(CCCNC(=O)c2cccc(Br)c2)s1. The van der Waals surface area contributed by atoms with Crippen LogP contribution in [0.1, 0.15) is 21.8 Å². The summed E-state index contributed by atoms with van der Waals surface area (Å²) in [7, 11) is 0. The van der Waals surface area contributed by atoms with Gasteiger partial charge in [-0.25, -0.2) is 0 Å². The number of benzene rings is 1. The first kappa shape index (κ1) is 14.0. The highest BCUT2D eigenvalue weighted by atomic mass is 79.9. The third-order valence-electron chi connectivity index (χ3n) is 2.42. The van der Waals surface area contributed by atoms with Gasteiger partial charge in [-0.3, -0.25) is 4.79 Å². The number of rotatable bonds is 5. The number of hydrogen-bond acceptors (Lipinski definition) is 5. The molecule has 0 spiro atoms. The van der Waals surface area contributed by atoms with Crippen LogP contribution in [-0.4, -0.2) is 22.6 Å². The molecule has 0 aliphatic heterocycles. The van der Waals surface area contributed by atoms with Gasteiger partial charge in [-0.05, 0) is 24.6 Å². The number of nitrogen functional groups attached to an aromatic ring is 1. The van der Waals surface area contributed by atoms with E-state index in [4.69, 9.17) is 5.73 Å². The van der Waals surface area contributed by atoms with E-state index in [1.165, 1.54) is 11.3 Å². The molecular weight excluding hydrogens is 328 g/mol. The van der Waals surface area contributed by atoms with Crippen LogP contribution in [0.25, 0.3) is 0 Å². The van der Waals surface area contributed by atoms with E-state index in [0.29, 0.717) is 17.2 Å². The number of carbonyl (C=O) groups excluding carboxylic acids is 1. The van der Waals surface area contributed by atoms with Gasteiger partial charge in [-0.2, -0.15) is 0 Å². The fourth-order valence-electron chi connectivity index (χ4n) is 1.54. The summed E-state index contributed by atoms with van der Waals surface area (Å²) < 4.78 is 0.893. The zero-order valence-corrected chi connectivity index (χ0v) is 12.5. The summed E-state index contributed by atoms with van der Waals surface area (Å²) in [6.45, 7) is 0.602. The zero-order valence-electron chi connectivity index (χ0n) is 10.1. The normalized spacial score (nSPS) is 10.4. The molecule has 100 valence electrons. The second-order valence-electron chi connectivity index (χ2n) is 3.90. The van der Waals surface area contributed by atoms with Crippen LogP contribution in [0.15, 0.2) is 28.7 Å². The largest absolute Gasteiger partial charge is 0.374 e. The van der Waals surface area contributed by atoms with Gasteiger partial charge in [0.25, 0.3) is 5.91 Å². The van der Waals surface area contributed by atoms with Gasteiger partial charge in [-0.1, -0.05) is 33.3 Å². The number of nitrogens with zero attached hydrogens (tertiary/aromatic N) is 2. The van der Waals surface area contributed by atoms with Gasteiger partial charge in [0.1, 0.15) is 5.01 Å². The van der Waals surface area contributed by atoms with E-state index in [2.05, 4.69) is 31.4 Å². The Morgan fingerprint density at radius 1 is 1.42 bits per heavy atom. The highest BCUT2D eigenvalue weighted by Gasteiger charge is 2.05. The fourth-order valence-corrected chi connectivity index (χ4v) is 2.59. The molecule has 0 aliphatic rings. The van der Waals surface area contributed by atoms with Crippen LogP contribution in [0.3, 0.4) is 0 Å². The van der Waals surface area contributed by atoms with Gasteiger partial charge in [-0.15, -0.1) is 10.2 Å². The molecule has 1 aromatic carbocycles. The second-order valence-corrected chi connectivity index (χ2v) is 5.91. The summed E-state index contributed by atoms with van der Waals surface area (Å²) in [5, 5.41) is 11.9. The lowest BCUT2D eigenvalue weighted by Gasteiger charge is -2.04. The van der Waals surface area contributed by atoms with Crippen molar-refractivity contribution >= 4 is 38.3 Å². The maximum atomic E-state index is 11.8. The average Bonchev–Trinajstić information content (AvgIpc) is 2.80. The van der Waals surface area contributed by atoms with Gasteiger partial charge in [0.2, 0.25) is 5.13 Å². The fraction of sp³-hybridized carbons (Fsp3) is 0.250. The molecule has 19 heavy (non-hydrogen) atoms. The Labute approximate surface area is 123 Å². The Balaban J connectivity index is 1.75. The first-order valence-electron chi connectivity index (χ1n) is 5.77.